The fourth-order valence-corrected chi connectivity index (χ4v) is 3.34. The zero-order valence-corrected chi connectivity index (χ0v) is 10.9. The van der Waals surface area contributed by atoms with Gasteiger partial charge in [-0.05, 0) is 37.5 Å². The summed E-state index contributed by atoms with van der Waals surface area (Å²) >= 11 is 0. The van der Waals surface area contributed by atoms with Gasteiger partial charge in [-0.15, -0.1) is 0 Å². The maximum absolute atomic E-state index is 5.56. The molecule has 1 saturated heterocycles. The monoisotopic (exact) mass is 225 g/mol. The molecule has 1 aliphatic heterocycles. The molecule has 0 aromatic rings. The molecular formula is C14H27NO. The average molecular weight is 225 g/mol. The number of nitrogens with one attached hydrogen (secondary N) is 1. The predicted octanol–water partition coefficient (Wildman–Crippen LogP) is 2.97. The van der Waals surface area contributed by atoms with Crippen LogP contribution in [0.4, 0.5) is 0 Å². The summed E-state index contributed by atoms with van der Waals surface area (Å²) < 4.78 is 5.56. The first kappa shape index (κ1) is 12.4. The van der Waals surface area contributed by atoms with Crippen LogP contribution in [0.15, 0.2) is 0 Å². The highest BCUT2D eigenvalue weighted by Crippen LogP contribution is 2.30. The van der Waals surface area contributed by atoms with Crippen LogP contribution >= 0.6 is 0 Å². The molecule has 0 aromatic heterocycles. The Kier molecular flexibility index (Phi) is 4.66. The molecule has 2 heteroatoms. The Bertz CT molecular complexity index is 199. The summed E-state index contributed by atoms with van der Waals surface area (Å²) in [6.07, 6.45) is 8.18. The summed E-state index contributed by atoms with van der Waals surface area (Å²) in [5, 5.41) is 3.86. The highest BCUT2D eigenvalue weighted by Gasteiger charge is 2.29. The van der Waals surface area contributed by atoms with Gasteiger partial charge in [-0.25, -0.2) is 0 Å². The van der Waals surface area contributed by atoms with Crippen molar-refractivity contribution in [3.8, 4) is 0 Å². The van der Waals surface area contributed by atoms with Gasteiger partial charge in [-0.3, -0.25) is 0 Å². The first-order chi connectivity index (χ1) is 7.77. The molecule has 0 radical (unpaired) electrons. The molecule has 94 valence electrons. The smallest absolute Gasteiger partial charge is 0.0619 e. The summed E-state index contributed by atoms with van der Waals surface area (Å²) in [4.78, 5) is 0. The molecule has 1 N–H and O–H groups in total. The number of ether oxygens (including phenoxy) is 1. The Balaban J connectivity index is 1.85. The van der Waals surface area contributed by atoms with Gasteiger partial charge in [-0.1, -0.05) is 26.7 Å². The molecule has 2 rings (SSSR count). The molecule has 16 heavy (non-hydrogen) atoms. The van der Waals surface area contributed by atoms with Crippen molar-refractivity contribution in [3.05, 3.63) is 0 Å². The minimum atomic E-state index is 0.623. The van der Waals surface area contributed by atoms with Crippen molar-refractivity contribution in [1.82, 2.24) is 5.32 Å². The molecule has 0 aromatic carbocycles. The highest BCUT2D eigenvalue weighted by atomic mass is 16.5. The lowest BCUT2D eigenvalue weighted by Gasteiger charge is -2.38. The fourth-order valence-electron chi connectivity index (χ4n) is 3.34. The van der Waals surface area contributed by atoms with Gasteiger partial charge in [0.2, 0.25) is 0 Å². The van der Waals surface area contributed by atoms with E-state index in [9.17, 15) is 0 Å². The van der Waals surface area contributed by atoms with Gasteiger partial charge in [0.15, 0.2) is 0 Å². The van der Waals surface area contributed by atoms with Gasteiger partial charge in [0.05, 0.1) is 6.61 Å². The standard InChI is InChI=1S/C14H27NO/c1-11(2)13-7-3-4-8-14(13)15-12-6-5-9-16-10-12/h11-15H,3-10H2,1-2H3. The minimum Gasteiger partial charge on any atom is -0.380 e. The Morgan fingerprint density at radius 1 is 1.06 bits per heavy atom. The second-order valence-electron chi connectivity index (χ2n) is 5.88. The third-order valence-corrected chi connectivity index (χ3v) is 4.29. The minimum absolute atomic E-state index is 0.623. The van der Waals surface area contributed by atoms with Gasteiger partial charge in [-0.2, -0.15) is 0 Å². The fraction of sp³-hybridized carbons (Fsp3) is 1.00. The van der Waals surface area contributed by atoms with Crippen LogP contribution in [0.25, 0.3) is 0 Å². The van der Waals surface area contributed by atoms with Crippen molar-refractivity contribution in [2.24, 2.45) is 11.8 Å². The van der Waals surface area contributed by atoms with Crippen molar-refractivity contribution >= 4 is 0 Å². The third kappa shape index (κ3) is 3.21. The van der Waals surface area contributed by atoms with Crippen LogP contribution in [0.1, 0.15) is 52.4 Å². The lowest BCUT2D eigenvalue weighted by Crippen LogP contribution is -2.48. The first-order valence-electron chi connectivity index (χ1n) is 7.11. The molecule has 2 aliphatic rings. The van der Waals surface area contributed by atoms with Gasteiger partial charge >= 0.3 is 0 Å². The molecule has 1 aliphatic carbocycles. The van der Waals surface area contributed by atoms with Crippen LogP contribution in [0.3, 0.4) is 0 Å². The molecule has 0 bridgehead atoms. The lowest BCUT2D eigenvalue weighted by atomic mass is 9.77. The topological polar surface area (TPSA) is 21.3 Å². The largest absolute Gasteiger partial charge is 0.380 e. The van der Waals surface area contributed by atoms with E-state index in [2.05, 4.69) is 19.2 Å². The second kappa shape index (κ2) is 6.02. The van der Waals surface area contributed by atoms with Crippen molar-refractivity contribution in [2.45, 2.75) is 64.5 Å². The quantitative estimate of drug-likeness (QED) is 0.797. The van der Waals surface area contributed by atoms with E-state index >= 15 is 0 Å². The highest BCUT2D eigenvalue weighted by molar-refractivity contribution is 4.86. The molecule has 3 unspecified atom stereocenters. The summed E-state index contributed by atoms with van der Waals surface area (Å²) in [5.41, 5.74) is 0. The number of rotatable bonds is 3. The molecule has 0 amide bonds. The van der Waals surface area contributed by atoms with Gasteiger partial charge in [0, 0.05) is 18.7 Å². The molecule has 2 nitrogen and oxygen atoms in total. The number of hydrogen-bond acceptors (Lipinski definition) is 2. The van der Waals surface area contributed by atoms with E-state index < -0.39 is 0 Å². The lowest BCUT2D eigenvalue weighted by molar-refractivity contribution is 0.0566. The molecule has 2 fully saturated rings. The zero-order chi connectivity index (χ0) is 11.4. The summed E-state index contributed by atoms with van der Waals surface area (Å²) in [6, 6.07) is 1.37. The van der Waals surface area contributed by atoms with Crippen molar-refractivity contribution in [1.29, 1.82) is 0 Å². The van der Waals surface area contributed by atoms with E-state index in [1.54, 1.807) is 0 Å². The summed E-state index contributed by atoms with van der Waals surface area (Å²) in [7, 11) is 0. The normalized spacial score (nSPS) is 36.6. The molecule has 0 spiro atoms. The maximum Gasteiger partial charge on any atom is 0.0619 e. The Morgan fingerprint density at radius 3 is 2.56 bits per heavy atom. The van der Waals surface area contributed by atoms with Crippen molar-refractivity contribution in [3.63, 3.8) is 0 Å². The molecular weight excluding hydrogens is 198 g/mol. The van der Waals surface area contributed by atoms with Gasteiger partial charge in [0.1, 0.15) is 0 Å². The Hall–Kier alpha value is -0.0800. The molecule has 1 saturated carbocycles. The predicted molar refractivity (Wildman–Crippen MR) is 67.6 cm³/mol. The maximum atomic E-state index is 5.56. The van der Waals surface area contributed by atoms with Crippen LogP contribution in [-0.2, 0) is 4.74 Å². The van der Waals surface area contributed by atoms with E-state index in [1.807, 2.05) is 0 Å². The van der Waals surface area contributed by atoms with Crippen LogP contribution in [-0.4, -0.2) is 25.3 Å². The summed E-state index contributed by atoms with van der Waals surface area (Å²) in [5.74, 6) is 1.71. The Morgan fingerprint density at radius 2 is 1.88 bits per heavy atom. The third-order valence-electron chi connectivity index (χ3n) is 4.29. The Labute approximate surface area is 100 Å². The van der Waals surface area contributed by atoms with Crippen LogP contribution in [0.2, 0.25) is 0 Å². The average Bonchev–Trinajstić information content (AvgIpc) is 2.31. The van der Waals surface area contributed by atoms with E-state index in [0.717, 1.165) is 31.1 Å². The van der Waals surface area contributed by atoms with Crippen LogP contribution < -0.4 is 5.32 Å². The second-order valence-corrected chi connectivity index (χ2v) is 5.88. The first-order valence-corrected chi connectivity index (χ1v) is 7.11. The molecule has 3 atom stereocenters. The van der Waals surface area contributed by atoms with E-state index in [1.165, 1.54) is 38.5 Å². The summed E-state index contributed by atoms with van der Waals surface area (Å²) in [6.45, 7) is 6.65. The van der Waals surface area contributed by atoms with Crippen molar-refractivity contribution in [2.75, 3.05) is 13.2 Å². The van der Waals surface area contributed by atoms with E-state index in [4.69, 9.17) is 4.74 Å². The van der Waals surface area contributed by atoms with Crippen LogP contribution in [0, 0.1) is 11.8 Å². The van der Waals surface area contributed by atoms with Gasteiger partial charge < -0.3 is 10.1 Å². The van der Waals surface area contributed by atoms with Gasteiger partial charge in [0.25, 0.3) is 0 Å². The molecule has 1 heterocycles. The SMILES string of the molecule is CC(C)C1CCCCC1NC1CCCOC1. The zero-order valence-electron chi connectivity index (χ0n) is 10.9. The van der Waals surface area contributed by atoms with E-state index in [0.29, 0.717) is 6.04 Å². The van der Waals surface area contributed by atoms with Crippen molar-refractivity contribution < 1.29 is 4.74 Å². The van der Waals surface area contributed by atoms with Crippen LogP contribution in [0.5, 0.6) is 0 Å². The number of hydrogen-bond donors (Lipinski definition) is 1. The van der Waals surface area contributed by atoms with E-state index in [-0.39, 0.29) is 0 Å².